The Morgan fingerprint density at radius 3 is 2.08 bits per heavy atom. The van der Waals surface area contributed by atoms with Crippen molar-refractivity contribution in [3.8, 4) is 0 Å². The van der Waals surface area contributed by atoms with Crippen molar-refractivity contribution in [2.24, 2.45) is 0 Å². The molecule has 2 aromatic rings. The first-order valence-corrected chi connectivity index (χ1v) is 8.05. The molecule has 0 bridgehead atoms. The Hall–Kier alpha value is -2.66. The summed E-state index contributed by atoms with van der Waals surface area (Å²) < 4.78 is 0. The lowest BCUT2D eigenvalue weighted by Gasteiger charge is -2.17. The maximum absolute atomic E-state index is 12.2. The lowest BCUT2D eigenvalue weighted by Crippen LogP contribution is -2.31. The Labute approximate surface area is 142 Å². The van der Waals surface area contributed by atoms with Gasteiger partial charge in [-0.2, -0.15) is 0 Å². The van der Waals surface area contributed by atoms with Crippen LogP contribution in [-0.2, 0) is 9.59 Å². The molecule has 0 heterocycles. The minimum atomic E-state index is -0.176. The number of nitrogens with one attached hydrogen (secondary N) is 3. The Balaban J connectivity index is 1.95. The quantitative estimate of drug-likeness (QED) is 0.731. The first-order chi connectivity index (χ1) is 11.6. The van der Waals surface area contributed by atoms with Crippen molar-refractivity contribution in [1.82, 2.24) is 5.32 Å². The van der Waals surface area contributed by atoms with Gasteiger partial charge in [-0.05, 0) is 24.1 Å². The van der Waals surface area contributed by atoms with Crippen LogP contribution in [0, 0.1) is 0 Å². The molecule has 0 saturated heterocycles. The molecule has 0 aliphatic carbocycles. The van der Waals surface area contributed by atoms with E-state index in [4.69, 9.17) is 0 Å². The fourth-order valence-corrected chi connectivity index (χ4v) is 2.48. The standard InChI is InChI=1S/C19H23N3O2/c1-3-16(15-9-5-4-6-10-15)20-13-19(24)22-18-12-8-7-11-17(18)21-14(2)23/h4-12,16,20H,3,13H2,1-2H3,(H,21,23)(H,22,24)/t16-/m0/s1. The van der Waals surface area contributed by atoms with E-state index >= 15 is 0 Å². The summed E-state index contributed by atoms with van der Waals surface area (Å²) in [5.74, 6) is -0.327. The second kappa shape index (κ2) is 8.84. The number of amides is 2. The van der Waals surface area contributed by atoms with Crippen molar-refractivity contribution in [1.29, 1.82) is 0 Å². The monoisotopic (exact) mass is 325 g/mol. The van der Waals surface area contributed by atoms with Crippen LogP contribution in [-0.4, -0.2) is 18.4 Å². The molecule has 0 aliphatic heterocycles. The minimum absolute atomic E-state index is 0.127. The average molecular weight is 325 g/mol. The normalized spacial score (nSPS) is 11.6. The molecule has 24 heavy (non-hydrogen) atoms. The van der Waals surface area contributed by atoms with E-state index in [1.165, 1.54) is 6.92 Å². The summed E-state index contributed by atoms with van der Waals surface area (Å²) in [6, 6.07) is 17.3. The molecule has 3 N–H and O–H groups in total. The lowest BCUT2D eigenvalue weighted by atomic mass is 10.0. The van der Waals surface area contributed by atoms with Crippen LogP contribution < -0.4 is 16.0 Å². The van der Waals surface area contributed by atoms with Gasteiger partial charge in [-0.3, -0.25) is 9.59 Å². The van der Waals surface area contributed by atoms with Gasteiger partial charge in [0.05, 0.1) is 17.9 Å². The van der Waals surface area contributed by atoms with Gasteiger partial charge in [-0.1, -0.05) is 49.4 Å². The van der Waals surface area contributed by atoms with Crippen LogP contribution in [0.15, 0.2) is 54.6 Å². The van der Waals surface area contributed by atoms with Crippen molar-refractivity contribution in [3.05, 3.63) is 60.2 Å². The maximum Gasteiger partial charge on any atom is 0.238 e. The number of rotatable bonds is 7. The molecule has 0 aliphatic rings. The van der Waals surface area contributed by atoms with Crippen molar-refractivity contribution in [3.63, 3.8) is 0 Å². The summed E-state index contributed by atoms with van der Waals surface area (Å²) in [6.45, 7) is 3.71. The average Bonchev–Trinajstić information content (AvgIpc) is 2.58. The van der Waals surface area contributed by atoms with Crippen molar-refractivity contribution >= 4 is 23.2 Å². The molecule has 0 unspecified atom stereocenters. The van der Waals surface area contributed by atoms with Gasteiger partial charge in [-0.15, -0.1) is 0 Å². The molecular weight excluding hydrogens is 302 g/mol. The van der Waals surface area contributed by atoms with Gasteiger partial charge in [0, 0.05) is 13.0 Å². The predicted molar refractivity (Wildman–Crippen MR) is 96.9 cm³/mol. The summed E-state index contributed by atoms with van der Waals surface area (Å²) in [7, 11) is 0. The Morgan fingerprint density at radius 1 is 0.917 bits per heavy atom. The molecule has 0 fully saturated rings. The van der Waals surface area contributed by atoms with Gasteiger partial charge < -0.3 is 16.0 Å². The van der Waals surface area contributed by atoms with E-state index in [2.05, 4.69) is 22.9 Å². The summed E-state index contributed by atoms with van der Waals surface area (Å²) in [4.78, 5) is 23.4. The minimum Gasteiger partial charge on any atom is -0.325 e. The van der Waals surface area contributed by atoms with Gasteiger partial charge in [0.2, 0.25) is 11.8 Å². The van der Waals surface area contributed by atoms with Gasteiger partial charge in [-0.25, -0.2) is 0 Å². The second-order valence-corrected chi connectivity index (χ2v) is 5.53. The molecule has 1 atom stereocenters. The smallest absolute Gasteiger partial charge is 0.238 e. The zero-order valence-electron chi connectivity index (χ0n) is 14.0. The third-order valence-electron chi connectivity index (χ3n) is 3.63. The topological polar surface area (TPSA) is 70.2 Å². The molecule has 0 aromatic heterocycles. The molecule has 2 aromatic carbocycles. The number of anilines is 2. The van der Waals surface area contributed by atoms with Crippen LogP contribution in [0.25, 0.3) is 0 Å². The van der Waals surface area contributed by atoms with Gasteiger partial charge in [0.15, 0.2) is 0 Å². The van der Waals surface area contributed by atoms with Crippen LogP contribution in [0.1, 0.15) is 31.9 Å². The molecule has 126 valence electrons. The first-order valence-electron chi connectivity index (χ1n) is 8.05. The number of para-hydroxylation sites is 2. The van der Waals surface area contributed by atoms with Crippen molar-refractivity contribution < 1.29 is 9.59 Å². The number of carbonyl (C=O) groups excluding carboxylic acids is 2. The lowest BCUT2D eigenvalue weighted by molar-refractivity contribution is -0.116. The summed E-state index contributed by atoms with van der Waals surface area (Å²) in [5.41, 5.74) is 2.34. The van der Waals surface area contributed by atoms with Gasteiger partial charge >= 0.3 is 0 Å². The molecule has 2 rings (SSSR count). The third-order valence-corrected chi connectivity index (χ3v) is 3.63. The van der Waals surface area contributed by atoms with Crippen molar-refractivity contribution in [2.45, 2.75) is 26.3 Å². The predicted octanol–water partition coefficient (Wildman–Crippen LogP) is 3.32. The number of hydrogen-bond donors (Lipinski definition) is 3. The van der Waals surface area contributed by atoms with E-state index in [1.807, 2.05) is 42.5 Å². The highest BCUT2D eigenvalue weighted by Crippen LogP contribution is 2.21. The molecule has 0 spiro atoms. The van der Waals surface area contributed by atoms with E-state index in [0.29, 0.717) is 11.4 Å². The van der Waals surface area contributed by atoms with E-state index < -0.39 is 0 Å². The highest BCUT2D eigenvalue weighted by molar-refractivity contribution is 5.99. The fraction of sp³-hybridized carbons (Fsp3) is 0.263. The van der Waals surface area contributed by atoms with Crippen molar-refractivity contribution in [2.75, 3.05) is 17.2 Å². The first kappa shape index (κ1) is 17.7. The SMILES string of the molecule is CC[C@H](NCC(=O)Nc1ccccc1NC(C)=O)c1ccccc1. The molecule has 2 amide bonds. The number of hydrogen-bond acceptors (Lipinski definition) is 3. The summed E-state index contributed by atoms with van der Waals surface area (Å²) >= 11 is 0. The van der Waals surface area contributed by atoms with Crippen LogP contribution in [0.2, 0.25) is 0 Å². The number of benzene rings is 2. The van der Waals surface area contributed by atoms with E-state index in [1.54, 1.807) is 12.1 Å². The van der Waals surface area contributed by atoms with Crippen LogP contribution >= 0.6 is 0 Å². The van der Waals surface area contributed by atoms with E-state index in [-0.39, 0.29) is 24.4 Å². The van der Waals surface area contributed by atoms with E-state index in [0.717, 1.165) is 12.0 Å². The van der Waals surface area contributed by atoms with Crippen LogP contribution in [0.4, 0.5) is 11.4 Å². The second-order valence-electron chi connectivity index (χ2n) is 5.53. The van der Waals surface area contributed by atoms with Crippen LogP contribution in [0.5, 0.6) is 0 Å². The maximum atomic E-state index is 12.2. The molecule has 5 nitrogen and oxygen atoms in total. The molecule has 0 saturated carbocycles. The highest BCUT2D eigenvalue weighted by atomic mass is 16.2. The highest BCUT2D eigenvalue weighted by Gasteiger charge is 2.12. The third kappa shape index (κ3) is 5.21. The molecule has 5 heteroatoms. The van der Waals surface area contributed by atoms with Crippen LogP contribution in [0.3, 0.4) is 0 Å². The summed E-state index contributed by atoms with van der Waals surface area (Å²) in [5, 5.41) is 8.80. The fourth-order valence-electron chi connectivity index (χ4n) is 2.48. The van der Waals surface area contributed by atoms with E-state index in [9.17, 15) is 9.59 Å². The van der Waals surface area contributed by atoms with Gasteiger partial charge in [0.1, 0.15) is 0 Å². The zero-order chi connectivity index (χ0) is 17.4. The Kier molecular flexibility index (Phi) is 6.51. The number of carbonyl (C=O) groups is 2. The Bertz CT molecular complexity index is 686. The molecular formula is C19H23N3O2. The summed E-state index contributed by atoms with van der Waals surface area (Å²) in [6.07, 6.45) is 0.889. The zero-order valence-corrected chi connectivity index (χ0v) is 14.0. The molecule has 0 radical (unpaired) electrons. The van der Waals surface area contributed by atoms with Gasteiger partial charge in [0.25, 0.3) is 0 Å². The largest absolute Gasteiger partial charge is 0.325 e. The Morgan fingerprint density at radius 2 is 1.50 bits per heavy atom.